The van der Waals surface area contributed by atoms with Crippen LogP contribution in [0.25, 0.3) is 0 Å². The van der Waals surface area contributed by atoms with Crippen LogP contribution in [0.4, 0.5) is 13.6 Å². The number of halogens is 3. The first-order valence-corrected chi connectivity index (χ1v) is 10.1. The van der Waals surface area contributed by atoms with Crippen LogP contribution >= 0.6 is 11.6 Å². The molecule has 2 aromatic rings. The lowest BCUT2D eigenvalue weighted by atomic mass is 9.70. The molecule has 1 spiro atoms. The van der Waals surface area contributed by atoms with Crippen LogP contribution in [0, 0.1) is 17.6 Å². The second-order valence-corrected chi connectivity index (χ2v) is 8.70. The van der Waals surface area contributed by atoms with Gasteiger partial charge in [0.25, 0.3) is 5.91 Å². The molecule has 2 amide bonds. The first kappa shape index (κ1) is 19.3. The zero-order valence-corrected chi connectivity index (χ0v) is 16.9. The largest absolute Gasteiger partial charge is 0.441 e. The number of carbonyl (C=O) groups excluding carboxylic acids is 2. The van der Waals surface area contributed by atoms with Crippen LogP contribution in [-0.2, 0) is 18.2 Å². The van der Waals surface area contributed by atoms with Crippen LogP contribution in [0.1, 0.15) is 40.5 Å². The normalized spacial score (nSPS) is 27.3. The smallest absolute Gasteiger partial charge is 0.407 e. The number of carbonyl (C=O) groups is 2. The number of rotatable bonds is 4. The Balaban J connectivity index is 1.44. The molecule has 1 saturated carbocycles. The van der Waals surface area contributed by atoms with Crippen LogP contribution in [0.2, 0.25) is 5.02 Å². The maximum absolute atomic E-state index is 14.5. The van der Waals surface area contributed by atoms with Gasteiger partial charge >= 0.3 is 6.09 Å². The number of amides is 2. The van der Waals surface area contributed by atoms with E-state index in [9.17, 15) is 18.4 Å². The molecule has 0 unspecified atom stereocenters. The molecule has 1 aromatic carbocycles. The predicted octanol–water partition coefficient (Wildman–Crippen LogP) is 2.98. The van der Waals surface area contributed by atoms with E-state index in [1.807, 2.05) is 0 Å². The number of alkyl carbamates (subject to hydrolysis) is 1. The highest BCUT2D eigenvalue weighted by Gasteiger charge is 2.53. The molecule has 1 saturated heterocycles. The van der Waals surface area contributed by atoms with Crippen LogP contribution in [0.3, 0.4) is 0 Å². The summed E-state index contributed by atoms with van der Waals surface area (Å²) in [7, 11) is 1.73. The van der Waals surface area contributed by atoms with E-state index in [0.717, 1.165) is 6.07 Å². The van der Waals surface area contributed by atoms with Gasteiger partial charge in [-0.25, -0.2) is 13.6 Å². The van der Waals surface area contributed by atoms with Gasteiger partial charge in [-0.1, -0.05) is 11.6 Å². The minimum Gasteiger partial charge on any atom is -0.441 e. The zero-order valence-electron chi connectivity index (χ0n) is 16.1. The van der Waals surface area contributed by atoms with Crippen molar-refractivity contribution in [3.8, 4) is 0 Å². The lowest BCUT2D eigenvalue weighted by molar-refractivity contribution is -0.0555. The fourth-order valence-electron chi connectivity index (χ4n) is 4.94. The summed E-state index contributed by atoms with van der Waals surface area (Å²) in [6.07, 6.45) is 2.58. The van der Waals surface area contributed by atoms with E-state index in [1.165, 1.54) is 12.3 Å². The number of hydrogen-bond donors (Lipinski definition) is 1. The molecule has 1 atom stereocenters. The number of fused-ring (bicyclic) bond motifs is 1. The first-order valence-electron chi connectivity index (χ1n) is 9.69. The Morgan fingerprint density at radius 1 is 1.33 bits per heavy atom. The van der Waals surface area contributed by atoms with Crippen molar-refractivity contribution in [2.45, 2.75) is 30.9 Å². The van der Waals surface area contributed by atoms with E-state index in [0.29, 0.717) is 42.2 Å². The first-order chi connectivity index (χ1) is 14.3. The van der Waals surface area contributed by atoms with Crippen LogP contribution in [0.15, 0.2) is 18.3 Å². The highest BCUT2D eigenvalue weighted by molar-refractivity contribution is 6.31. The third-order valence-electron chi connectivity index (χ3n) is 6.33. The van der Waals surface area contributed by atoms with Crippen molar-refractivity contribution in [3.05, 3.63) is 51.8 Å². The molecule has 2 aliphatic heterocycles. The maximum Gasteiger partial charge on any atom is 0.407 e. The molecule has 0 radical (unpaired) electrons. The summed E-state index contributed by atoms with van der Waals surface area (Å²) in [6, 6.07) is 1.39. The van der Waals surface area contributed by atoms with E-state index in [4.69, 9.17) is 16.3 Å². The minimum atomic E-state index is -0.863. The summed E-state index contributed by atoms with van der Waals surface area (Å²) < 4.78 is 35.5. The molecule has 7 nitrogen and oxygen atoms in total. The Morgan fingerprint density at radius 2 is 2.10 bits per heavy atom. The molecule has 10 heteroatoms. The van der Waals surface area contributed by atoms with Crippen LogP contribution in [0.5, 0.6) is 0 Å². The fraction of sp³-hybridized carbons (Fsp3) is 0.450. The monoisotopic (exact) mass is 436 g/mol. The van der Waals surface area contributed by atoms with Gasteiger partial charge in [0.1, 0.15) is 17.2 Å². The number of aryl methyl sites for hydroxylation is 1. The van der Waals surface area contributed by atoms with E-state index in [2.05, 4.69) is 10.4 Å². The van der Waals surface area contributed by atoms with Crippen molar-refractivity contribution < 1.29 is 23.1 Å². The number of nitrogens with one attached hydrogen (secondary N) is 1. The van der Waals surface area contributed by atoms with E-state index in [1.54, 1.807) is 16.6 Å². The van der Waals surface area contributed by atoms with E-state index < -0.39 is 35.3 Å². The predicted molar refractivity (Wildman–Crippen MR) is 102 cm³/mol. The second kappa shape index (κ2) is 6.66. The zero-order chi connectivity index (χ0) is 21.2. The second-order valence-electron chi connectivity index (χ2n) is 8.29. The Bertz CT molecular complexity index is 1050. The Hall–Kier alpha value is -2.68. The van der Waals surface area contributed by atoms with Gasteiger partial charge in [0.15, 0.2) is 0 Å². The van der Waals surface area contributed by atoms with Gasteiger partial charge in [0.2, 0.25) is 0 Å². The Morgan fingerprint density at radius 3 is 2.73 bits per heavy atom. The van der Waals surface area contributed by atoms with Crippen molar-refractivity contribution >= 4 is 23.6 Å². The lowest BCUT2D eigenvalue weighted by Gasteiger charge is -2.44. The lowest BCUT2D eigenvalue weighted by Crippen LogP contribution is -2.51. The molecule has 5 rings (SSSR count). The number of hydrogen-bond acceptors (Lipinski definition) is 4. The standard InChI is InChI=1S/C20H19ClF2N4O3/c1-26-16(13(21)7-25-26)4-15-12-2-11(22)3-14(23)17(12)18(28)27(15)8-10-5-20(6-10)9-24-19(29)30-20/h2-3,7,10,15H,4-6,8-9H2,1H3,(H,24,29)/t10?,15-,20?/m0/s1. The molecular formula is C20H19ClF2N4O3. The quantitative estimate of drug-likeness (QED) is 0.799. The van der Waals surface area contributed by atoms with Crippen molar-refractivity contribution in [2.24, 2.45) is 13.0 Å². The number of ether oxygens (including phenoxy) is 1. The summed E-state index contributed by atoms with van der Waals surface area (Å²) in [5, 5.41) is 7.20. The van der Waals surface area contributed by atoms with E-state index >= 15 is 0 Å². The van der Waals surface area contributed by atoms with Crippen LogP contribution in [-0.4, -0.2) is 45.4 Å². The molecule has 0 bridgehead atoms. The molecule has 1 N–H and O–H groups in total. The van der Waals surface area contributed by atoms with Gasteiger partial charge in [0.05, 0.1) is 35.1 Å². The van der Waals surface area contributed by atoms with Gasteiger partial charge in [-0.15, -0.1) is 0 Å². The van der Waals surface area contributed by atoms with Crippen molar-refractivity contribution in [1.29, 1.82) is 0 Å². The SMILES string of the molecule is Cn1ncc(Cl)c1C[C@H]1c2cc(F)cc(F)c2C(=O)N1CC1CC2(CNC(=O)O2)C1. The minimum absolute atomic E-state index is 0.0911. The van der Waals surface area contributed by atoms with Crippen LogP contribution < -0.4 is 5.32 Å². The summed E-state index contributed by atoms with van der Waals surface area (Å²) >= 11 is 6.25. The third kappa shape index (κ3) is 2.94. The average molecular weight is 437 g/mol. The molecule has 158 valence electrons. The summed E-state index contributed by atoms with van der Waals surface area (Å²) in [4.78, 5) is 26.0. The number of benzene rings is 1. The number of nitrogens with zero attached hydrogens (tertiary/aromatic N) is 3. The number of aromatic nitrogens is 2. The van der Waals surface area contributed by atoms with Crippen molar-refractivity contribution in [3.63, 3.8) is 0 Å². The highest BCUT2D eigenvalue weighted by atomic mass is 35.5. The van der Waals surface area contributed by atoms with Gasteiger partial charge in [0, 0.05) is 26.1 Å². The molecule has 3 heterocycles. The Kier molecular flexibility index (Phi) is 4.29. The highest BCUT2D eigenvalue weighted by Crippen LogP contribution is 2.46. The summed E-state index contributed by atoms with van der Waals surface area (Å²) in [6.45, 7) is 0.804. The Labute approximate surface area is 175 Å². The topological polar surface area (TPSA) is 76.5 Å². The summed E-state index contributed by atoms with van der Waals surface area (Å²) in [5.74, 6) is -1.96. The summed E-state index contributed by atoms with van der Waals surface area (Å²) in [5.41, 5.74) is 0.381. The van der Waals surface area contributed by atoms with Gasteiger partial charge in [-0.05, 0) is 30.4 Å². The van der Waals surface area contributed by atoms with Crippen molar-refractivity contribution in [2.75, 3.05) is 13.1 Å². The molecule has 30 heavy (non-hydrogen) atoms. The van der Waals surface area contributed by atoms with Gasteiger partial charge < -0.3 is 15.0 Å². The molecule has 2 fully saturated rings. The maximum atomic E-state index is 14.5. The van der Waals surface area contributed by atoms with E-state index in [-0.39, 0.29) is 17.9 Å². The average Bonchev–Trinajstić information content (AvgIpc) is 3.27. The van der Waals surface area contributed by atoms with Gasteiger partial charge in [-0.3, -0.25) is 9.48 Å². The molecule has 3 aliphatic rings. The van der Waals surface area contributed by atoms with Crippen molar-refractivity contribution in [1.82, 2.24) is 20.0 Å². The fourth-order valence-corrected chi connectivity index (χ4v) is 5.19. The van der Waals surface area contributed by atoms with Gasteiger partial charge in [-0.2, -0.15) is 5.10 Å². The third-order valence-corrected chi connectivity index (χ3v) is 6.65. The molecule has 1 aliphatic carbocycles. The molecule has 1 aromatic heterocycles. The molecular weight excluding hydrogens is 418 g/mol.